The number of carboxylic acids is 1. The van der Waals surface area contributed by atoms with Crippen molar-refractivity contribution in [1.29, 1.82) is 0 Å². The summed E-state index contributed by atoms with van der Waals surface area (Å²) >= 11 is 0. The van der Waals surface area contributed by atoms with Crippen molar-refractivity contribution in [3.63, 3.8) is 0 Å². The first kappa shape index (κ1) is 15.0. The third-order valence-electron chi connectivity index (χ3n) is 3.20. The number of urea groups is 1. The van der Waals surface area contributed by atoms with E-state index in [1.807, 2.05) is 30.3 Å². The topological polar surface area (TPSA) is 69.6 Å². The number of rotatable bonds is 5. The highest BCUT2D eigenvalue weighted by Gasteiger charge is 2.34. The first-order chi connectivity index (χ1) is 8.85. The molecule has 1 rings (SSSR count). The number of aliphatic carboxylic acids is 1. The van der Waals surface area contributed by atoms with Crippen LogP contribution in [0.15, 0.2) is 30.3 Å². The molecule has 19 heavy (non-hydrogen) atoms. The molecule has 0 saturated heterocycles. The number of carbonyl (C=O) groups excluding carboxylic acids is 1. The van der Waals surface area contributed by atoms with Crippen LogP contribution in [-0.2, 0) is 11.2 Å². The molecular weight excluding hydrogens is 244 g/mol. The molecule has 2 N–H and O–H groups in total. The average molecular weight is 264 g/mol. The predicted molar refractivity (Wildman–Crippen MR) is 73.0 cm³/mol. The number of carbonyl (C=O) groups is 2. The third kappa shape index (κ3) is 3.98. The van der Waals surface area contributed by atoms with Gasteiger partial charge in [-0.05, 0) is 25.8 Å². The number of nitrogens with zero attached hydrogens (tertiary/aromatic N) is 1. The fourth-order valence-electron chi connectivity index (χ4n) is 1.47. The number of likely N-dealkylation sites (N-methyl/N-ethyl adjacent to an activating group) is 1. The van der Waals surface area contributed by atoms with Crippen molar-refractivity contribution in [2.45, 2.75) is 25.8 Å². The molecule has 104 valence electrons. The van der Waals surface area contributed by atoms with E-state index in [0.717, 1.165) is 5.56 Å². The zero-order chi connectivity index (χ0) is 14.5. The van der Waals surface area contributed by atoms with Crippen LogP contribution in [-0.4, -0.2) is 41.1 Å². The summed E-state index contributed by atoms with van der Waals surface area (Å²) in [7, 11) is 1.48. The lowest BCUT2D eigenvalue weighted by atomic mass is 10.1. The van der Waals surface area contributed by atoms with Crippen LogP contribution < -0.4 is 5.32 Å². The van der Waals surface area contributed by atoms with E-state index in [1.54, 1.807) is 0 Å². The van der Waals surface area contributed by atoms with E-state index in [-0.39, 0.29) is 6.03 Å². The Hall–Kier alpha value is -2.04. The van der Waals surface area contributed by atoms with Crippen molar-refractivity contribution in [1.82, 2.24) is 10.2 Å². The zero-order valence-electron chi connectivity index (χ0n) is 11.5. The number of benzene rings is 1. The molecule has 1 aromatic carbocycles. The Morgan fingerprint density at radius 1 is 1.26 bits per heavy atom. The monoisotopic (exact) mass is 264 g/mol. The van der Waals surface area contributed by atoms with Gasteiger partial charge in [0.05, 0.1) is 0 Å². The van der Waals surface area contributed by atoms with E-state index in [4.69, 9.17) is 5.11 Å². The number of hydrogen-bond acceptors (Lipinski definition) is 2. The SMILES string of the molecule is CN(C(=O)NCCc1ccccc1)C(C)(C)C(=O)O. The van der Waals surface area contributed by atoms with E-state index in [9.17, 15) is 9.59 Å². The highest BCUT2D eigenvalue weighted by molar-refractivity contribution is 5.85. The summed E-state index contributed by atoms with van der Waals surface area (Å²) in [6.45, 7) is 3.46. The van der Waals surface area contributed by atoms with Gasteiger partial charge in [-0.25, -0.2) is 9.59 Å². The van der Waals surface area contributed by atoms with Gasteiger partial charge in [0.1, 0.15) is 5.54 Å². The van der Waals surface area contributed by atoms with E-state index in [0.29, 0.717) is 13.0 Å². The normalized spacial score (nSPS) is 10.9. The van der Waals surface area contributed by atoms with Gasteiger partial charge in [0.2, 0.25) is 0 Å². The fraction of sp³-hybridized carbons (Fsp3) is 0.429. The quantitative estimate of drug-likeness (QED) is 0.851. The van der Waals surface area contributed by atoms with Crippen LogP contribution in [0.4, 0.5) is 4.79 Å². The molecule has 0 atom stereocenters. The van der Waals surface area contributed by atoms with E-state index >= 15 is 0 Å². The lowest BCUT2D eigenvalue weighted by Gasteiger charge is -2.31. The van der Waals surface area contributed by atoms with Gasteiger partial charge in [-0.15, -0.1) is 0 Å². The maximum absolute atomic E-state index is 11.8. The Morgan fingerprint density at radius 2 is 1.84 bits per heavy atom. The van der Waals surface area contributed by atoms with Crippen molar-refractivity contribution in [2.24, 2.45) is 0 Å². The minimum Gasteiger partial charge on any atom is -0.480 e. The lowest BCUT2D eigenvalue weighted by Crippen LogP contribution is -2.54. The van der Waals surface area contributed by atoms with Gasteiger partial charge in [-0.1, -0.05) is 30.3 Å². The largest absolute Gasteiger partial charge is 0.480 e. The highest BCUT2D eigenvalue weighted by atomic mass is 16.4. The molecule has 0 bridgehead atoms. The van der Waals surface area contributed by atoms with Crippen LogP contribution in [0.2, 0.25) is 0 Å². The van der Waals surface area contributed by atoms with Crippen LogP contribution >= 0.6 is 0 Å². The Morgan fingerprint density at radius 3 is 2.37 bits per heavy atom. The van der Waals surface area contributed by atoms with Gasteiger partial charge in [0.15, 0.2) is 0 Å². The summed E-state index contributed by atoms with van der Waals surface area (Å²) < 4.78 is 0. The Balaban J connectivity index is 2.46. The fourth-order valence-corrected chi connectivity index (χ4v) is 1.47. The maximum atomic E-state index is 11.8. The molecule has 2 amide bonds. The van der Waals surface area contributed by atoms with Gasteiger partial charge >= 0.3 is 12.0 Å². The molecule has 0 aliphatic carbocycles. The standard InChI is InChI=1S/C14H20N2O3/c1-14(2,12(17)18)16(3)13(19)15-10-9-11-7-5-4-6-8-11/h4-8H,9-10H2,1-3H3,(H,15,19)(H,17,18). The number of carboxylic acid groups (broad SMARTS) is 1. The van der Waals surface area contributed by atoms with Crippen molar-refractivity contribution >= 4 is 12.0 Å². The molecular formula is C14H20N2O3. The van der Waals surface area contributed by atoms with Crippen LogP contribution in [0.1, 0.15) is 19.4 Å². The molecule has 1 aromatic rings. The van der Waals surface area contributed by atoms with Gasteiger partial charge in [-0.3, -0.25) is 0 Å². The van der Waals surface area contributed by atoms with Gasteiger partial charge in [0, 0.05) is 13.6 Å². The number of nitrogens with one attached hydrogen (secondary N) is 1. The van der Waals surface area contributed by atoms with Crippen molar-refractivity contribution < 1.29 is 14.7 Å². The Labute approximate surface area is 113 Å². The second-order valence-corrected chi connectivity index (χ2v) is 4.89. The Kier molecular flexibility index (Phi) is 4.92. The maximum Gasteiger partial charge on any atom is 0.329 e. The lowest BCUT2D eigenvalue weighted by molar-refractivity contribution is -0.146. The minimum atomic E-state index is -1.23. The Bertz CT molecular complexity index is 443. The first-order valence-electron chi connectivity index (χ1n) is 6.14. The summed E-state index contributed by atoms with van der Waals surface area (Å²) in [6, 6.07) is 9.40. The molecule has 5 nitrogen and oxygen atoms in total. The molecule has 0 aromatic heterocycles. The zero-order valence-corrected chi connectivity index (χ0v) is 11.5. The van der Waals surface area contributed by atoms with Gasteiger partial charge < -0.3 is 15.3 Å². The van der Waals surface area contributed by atoms with E-state index in [2.05, 4.69) is 5.32 Å². The molecule has 0 aliphatic rings. The van der Waals surface area contributed by atoms with Crippen LogP contribution in [0.25, 0.3) is 0 Å². The van der Waals surface area contributed by atoms with Crippen LogP contribution in [0.5, 0.6) is 0 Å². The molecule has 0 aliphatic heterocycles. The smallest absolute Gasteiger partial charge is 0.329 e. The third-order valence-corrected chi connectivity index (χ3v) is 3.20. The summed E-state index contributed by atoms with van der Waals surface area (Å²) in [5.41, 5.74) is -0.0976. The molecule has 0 heterocycles. The highest BCUT2D eigenvalue weighted by Crippen LogP contribution is 2.12. The predicted octanol–water partition coefficient (Wildman–Crippen LogP) is 1.73. The summed E-state index contributed by atoms with van der Waals surface area (Å²) in [5, 5.41) is 11.8. The second-order valence-electron chi connectivity index (χ2n) is 4.89. The minimum absolute atomic E-state index is 0.386. The van der Waals surface area contributed by atoms with E-state index < -0.39 is 11.5 Å². The molecule has 0 radical (unpaired) electrons. The molecule has 0 fully saturated rings. The first-order valence-corrected chi connectivity index (χ1v) is 6.14. The van der Waals surface area contributed by atoms with Gasteiger partial charge in [-0.2, -0.15) is 0 Å². The van der Waals surface area contributed by atoms with Crippen LogP contribution in [0.3, 0.4) is 0 Å². The number of amides is 2. The summed E-state index contributed by atoms with van der Waals surface area (Å²) in [4.78, 5) is 24.1. The average Bonchev–Trinajstić information content (AvgIpc) is 2.38. The molecule has 0 spiro atoms. The second kappa shape index (κ2) is 6.22. The van der Waals surface area contributed by atoms with Crippen molar-refractivity contribution in [2.75, 3.05) is 13.6 Å². The van der Waals surface area contributed by atoms with E-state index in [1.165, 1.54) is 25.8 Å². The van der Waals surface area contributed by atoms with Crippen LogP contribution in [0, 0.1) is 0 Å². The molecule has 5 heteroatoms. The summed E-state index contributed by atoms with van der Waals surface area (Å²) in [6.07, 6.45) is 0.716. The van der Waals surface area contributed by atoms with Crippen molar-refractivity contribution in [3.05, 3.63) is 35.9 Å². The van der Waals surface area contributed by atoms with Crippen molar-refractivity contribution in [3.8, 4) is 0 Å². The summed E-state index contributed by atoms with van der Waals surface area (Å²) in [5.74, 6) is -1.03. The van der Waals surface area contributed by atoms with Gasteiger partial charge in [0.25, 0.3) is 0 Å². The number of hydrogen-bond donors (Lipinski definition) is 2. The molecule has 0 saturated carbocycles. The molecule has 0 unspecified atom stereocenters.